The van der Waals surface area contributed by atoms with E-state index in [-0.39, 0.29) is 5.78 Å². The van der Waals surface area contributed by atoms with Gasteiger partial charge in [-0.15, -0.1) is 0 Å². The Morgan fingerprint density at radius 2 is 1.70 bits per heavy atom. The second-order valence-electron chi connectivity index (χ2n) is 7.59. The van der Waals surface area contributed by atoms with Crippen LogP contribution in [0.3, 0.4) is 0 Å². The number of aromatic nitrogens is 4. The normalized spacial score (nSPS) is 21.5. The van der Waals surface area contributed by atoms with Crippen molar-refractivity contribution in [1.82, 2.24) is 18.7 Å². The lowest BCUT2D eigenvalue weighted by Crippen LogP contribution is -3.27. The van der Waals surface area contributed by atoms with Gasteiger partial charge in [-0.1, -0.05) is 0 Å². The molecule has 2 aromatic rings. The Morgan fingerprint density at radius 3 is 2.26 bits per heavy atom. The van der Waals surface area contributed by atoms with Crippen LogP contribution in [0.1, 0.15) is 32.6 Å². The lowest BCUT2D eigenvalue weighted by molar-refractivity contribution is -1.02. The molecule has 1 atom stereocenters. The average Bonchev–Trinajstić information content (AvgIpc) is 3.03. The molecule has 0 amide bonds. The third-order valence-corrected chi connectivity index (χ3v) is 5.91. The summed E-state index contributed by atoms with van der Waals surface area (Å²) in [6, 6.07) is -0.503. The summed E-state index contributed by atoms with van der Waals surface area (Å²) in [5.74, 6) is 0.655. The van der Waals surface area contributed by atoms with Gasteiger partial charge in [0, 0.05) is 14.1 Å². The van der Waals surface area contributed by atoms with Gasteiger partial charge in [-0.3, -0.25) is 18.7 Å². The van der Waals surface area contributed by atoms with E-state index in [1.54, 1.807) is 23.4 Å². The quantitative estimate of drug-likeness (QED) is 0.577. The van der Waals surface area contributed by atoms with Crippen molar-refractivity contribution in [3.05, 3.63) is 26.7 Å². The van der Waals surface area contributed by atoms with Crippen LogP contribution in [0.25, 0.3) is 11.2 Å². The zero-order valence-corrected chi connectivity index (χ0v) is 16.8. The van der Waals surface area contributed by atoms with E-state index in [0.717, 1.165) is 37.3 Å². The van der Waals surface area contributed by atoms with E-state index < -0.39 is 17.3 Å². The van der Waals surface area contributed by atoms with Gasteiger partial charge in [0.2, 0.25) is 0 Å². The van der Waals surface area contributed by atoms with Crippen molar-refractivity contribution in [2.24, 2.45) is 14.1 Å². The minimum Gasteiger partial charge on any atom is -0.326 e. The number of nitrogens with one attached hydrogen (secondary N) is 2. The van der Waals surface area contributed by atoms with Gasteiger partial charge in [0.25, 0.3) is 5.56 Å². The molecule has 3 rings (SSSR count). The summed E-state index contributed by atoms with van der Waals surface area (Å²) in [6.07, 6.45) is 0. The molecule has 0 radical (unpaired) electrons. The van der Waals surface area contributed by atoms with Crippen LogP contribution in [0, 0.1) is 0 Å². The van der Waals surface area contributed by atoms with Crippen molar-refractivity contribution >= 4 is 16.9 Å². The minimum absolute atomic E-state index is 0.0401. The molecule has 148 valence electrons. The van der Waals surface area contributed by atoms with Crippen LogP contribution in [0.5, 0.6) is 0 Å². The van der Waals surface area contributed by atoms with Crippen LogP contribution in [0.4, 0.5) is 0 Å². The summed E-state index contributed by atoms with van der Waals surface area (Å²) in [5, 5.41) is 0. The molecule has 2 aromatic heterocycles. The lowest BCUT2D eigenvalue weighted by atomic mass is 10.2. The number of fused-ring (bicyclic) bond motifs is 1. The van der Waals surface area contributed by atoms with E-state index in [9.17, 15) is 14.4 Å². The van der Waals surface area contributed by atoms with Crippen molar-refractivity contribution in [2.45, 2.75) is 33.4 Å². The molecule has 0 aromatic carbocycles. The number of carbonyl (C=O) groups excluding carboxylic acids is 1. The second-order valence-corrected chi connectivity index (χ2v) is 7.59. The molecule has 3 heterocycles. The number of quaternary nitrogens is 2. The zero-order valence-electron chi connectivity index (χ0n) is 16.8. The van der Waals surface area contributed by atoms with E-state index >= 15 is 0 Å². The molecule has 9 nitrogen and oxygen atoms in total. The molecule has 1 aliphatic rings. The van der Waals surface area contributed by atoms with Crippen molar-refractivity contribution in [3.8, 4) is 0 Å². The maximum atomic E-state index is 12.8. The Hall–Kier alpha value is -2.26. The number of hydrogen-bond acceptors (Lipinski definition) is 4. The smallest absolute Gasteiger partial charge is 0.326 e. The molecule has 1 fully saturated rings. The highest BCUT2D eigenvalue weighted by molar-refractivity contribution is 5.82. The third-order valence-electron chi connectivity index (χ3n) is 5.91. The first-order chi connectivity index (χ1) is 12.8. The Kier molecular flexibility index (Phi) is 5.34. The number of nitrogens with zero attached hydrogens (tertiary/aromatic N) is 4. The molecular weight excluding hydrogens is 348 g/mol. The number of Topliss-reactive ketones (excluding diaryl/α,β-unsaturated/α-hetero) is 1. The van der Waals surface area contributed by atoms with E-state index in [1.165, 1.54) is 23.4 Å². The fourth-order valence-electron chi connectivity index (χ4n) is 3.89. The molecular formula is C18H30N6O3+2. The Labute approximate surface area is 157 Å². The minimum atomic E-state index is -0.503. The van der Waals surface area contributed by atoms with E-state index in [2.05, 4.69) is 11.9 Å². The fourth-order valence-corrected chi connectivity index (χ4v) is 3.89. The maximum Gasteiger partial charge on any atom is 0.332 e. The number of hydrogen-bond donors (Lipinski definition) is 2. The number of imidazole rings is 1. The standard InChI is InChI=1S/C18H28N6O3/c1-6-22-7-9-23(10-8-22)11-14-19-16-15(24(14)12(2)13(3)25)17(26)21(5)18(27)20(16)4/h12H,6-11H2,1-5H3/p+2/t12-/m0/s1. The number of piperazine rings is 1. The van der Waals surface area contributed by atoms with Gasteiger partial charge in [-0.25, -0.2) is 9.78 Å². The molecule has 1 saturated heterocycles. The number of rotatable bonds is 5. The molecule has 1 aliphatic heterocycles. The van der Waals surface area contributed by atoms with Crippen LogP contribution < -0.4 is 21.0 Å². The first-order valence-electron chi connectivity index (χ1n) is 9.60. The van der Waals surface area contributed by atoms with Crippen molar-refractivity contribution in [2.75, 3.05) is 32.7 Å². The average molecular weight is 378 g/mol. The summed E-state index contributed by atoms with van der Waals surface area (Å²) in [5.41, 5.74) is -0.139. The summed E-state index contributed by atoms with van der Waals surface area (Å²) in [6.45, 7) is 11.5. The van der Waals surface area contributed by atoms with Gasteiger partial charge in [-0.05, 0) is 20.8 Å². The number of aryl methyl sites for hydroxylation is 1. The van der Waals surface area contributed by atoms with Gasteiger partial charge in [0.15, 0.2) is 22.8 Å². The number of ketones is 1. The van der Waals surface area contributed by atoms with Gasteiger partial charge in [0.05, 0.1) is 12.6 Å². The first-order valence-corrected chi connectivity index (χ1v) is 9.60. The van der Waals surface area contributed by atoms with Gasteiger partial charge in [0.1, 0.15) is 32.7 Å². The van der Waals surface area contributed by atoms with Gasteiger partial charge < -0.3 is 14.4 Å². The van der Waals surface area contributed by atoms with Crippen molar-refractivity contribution < 1.29 is 14.6 Å². The summed E-state index contributed by atoms with van der Waals surface area (Å²) >= 11 is 0. The topological polar surface area (TPSA) is 87.8 Å². The molecule has 27 heavy (non-hydrogen) atoms. The van der Waals surface area contributed by atoms with Crippen molar-refractivity contribution in [3.63, 3.8) is 0 Å². The zero-order chi connectivity index (χ0) is 19.9. The monoisotopic (exact) mass is 378 g/mol. The van der Waals surface area contributed by atoms with Crippen LogP contribution in [0.2, 0.25) is 0 Å². The molecule has 0 bridgehead atoms. The molecule has 2 N–H and O–H groups in total. The summed E-state index contributed by atoms with van der Waals surface area (Å²) in [7, 11) is 3.07. The lowest BCUT2D eigenvalue weighted by Gasteiger charge is -2.29. The first kappa shape index (κ1) is 19.5. The predicted octanol–water partition coefficient (Wildman–Crippen LogP) is -3.11. The highest BCUT2D eigenvalue weighted by atomic mass is 16.2. The van der Waals surface area contributed by atoms with Crippen LogP contribution >= 0.6 is 0 Å². The van der Waals surface area contributed by atoms with Crippen LogP contribution in [-0.4, -0.2) is 57.2 Å². The highest BCUT2D eigenvalue weighted by Gasteiger charge is 2.28. The highest BCUT2D eigenvalue weighted by Crippen LogP contribution is 2.18. The maximum absolute atomic E-state index is 12.8. The Morgan fingerprint density at radius 1 is 1.11 bits per heavy atom. The molecule has 0 saturated carbocycles. The Bertz CT molecular complexity index is 978. The summed E-state index contributed by atoms with van der Waals surface area (Å²) in [4.78, 5) is 44.8. The molecule has 9 heteroatoms. The molecule has 0 unspecified atom stereocenters. The number of likely N-dealkylation sites (N-methyl/N-ethyl adjacent to an activating group) is 1. The fraction of sp³-hybridized carbons (Fsp3) is 0.667. The van der Waals surface area contributed by atoms with Crippen LogP contribution in [-0.2, 0) is 25.4 Å². The van der Waals surface area contributed by atoms with Gasteiger partial charge in [-0.2, -0.15) is 0 Å². The largest absolute Gasteiger partial charge is 0.332 e. The Balaban J connectivity index is 2.12. The molecule has 0 aliphatic carbocycles. The van der Waals surface area contributed by atoms with Gasteiger partial charge >= 0.3 is 5.69 Å². The summed E-state index contributed by atoms with van der Waals surface area (Å²) < 4.78 is 4.21. The molecule has 0 spiro atoms. The predicted molar refractivity (Wildman–Crippen MR) is 101 cm³/mol. The third kappa shape index (κ3) is 3.37. The second kappa shape index (κ2) is 7.40. The van der Waals surface area contributed by atoms with E-state index in [1.807, 2.05) is 0 Å². The SMILES string of the molecule is CC[NH+]1CC[NH+](Cc2nc3c(c(=O)n(C)c(=O)n3C)n2[C@@H](C)C(C)=O)CC1. The van der Waals surface area contributed by atoms with Crippen LogP contribution in [0.15, 0.2) is 9.59 Å². The number of carbonyl (C=O) groups is 1. The van der Waals surface area contributed by atoms with Crippen molar-refractivity contribution in [1.29, 1.82) is 0 Å². The van der Waals surface area contributed by atoms with E-state index in [0.29, 0.717) is 23.5 Å². The van der Waals surface area contributed by atoms with E-state index in [4.69, 9.17) is 0 Å².